The third-order valence-corrected chi connectivity index (χ3v) is 4.97. The molecule has 114 valence electrons. The summed E-state index contributed by atoms with van der Waals surface area (Å²) in [4.78, 5) is 26.9. The van der Waals surface area contributed by atoms with Crippen molar-refractivity contribution >= 4 is 27.7 Å². The van der Waals surface area contributed by atoms with E-state index in [4.69, 9.17) is 0 Å². The minimum absolute atomic E-state index is 0.0569. The number of amides is 2. The van der Waals surface area contributed by atoms with Gasteiger partial charge in [0.25, 0.3) is 0 Å². The highest BCUT2D eigenvalue weighted by atomic mass is 32.2. The van der Waals surface area contributed by atoms with Gasteiger partial charge in [0.1, 0.15) is 16.8 Å². The van der Waals surface area contributed by atoms with Gasteiger partial charge < -0.3 is 5.32 Å². The van der Waals surface area contributed by atoms with Gasteiger partial charge in [0.15, 0.2) is 0 Å². The van der Waals surface area contributed by atoms with E-state index in [0.29, 0.717) is 12.4 Å². The summed E-state index contributed by atoms with van der Waals surface area (Å²) in [6.45, 7) is 3.60. The van der Waals surface area contributed by atoms with Gasteiger partial charge in [0.2, 0.25) is 21.8 Å². The molecule has 0 aliphatic carbocycles. The molecule has 1 aromatic heterocycles. The van der Waals surface area contributed by atoms with Crippen LogP contribution in [0.25, 0.3) is 0 Å². The lowest BCUT2D eigenvalue weighted by Gasteiger charge is -2.30. The first kappa shape index (κ1) is 15.4. The fraction of sp³-hybridized carbons (Fsp3) is 0.417. The summed E-state index contributed by atoms with van der Waals surface area (Å²) in [5.74, 6) is -0.720. The molecule has 1 fully saturated rings. The number of rotatable bonds is 4. The number of nitrogens with one attached hydrogen (secondary N) is 2. The van der Waals surface area contributed by atoms with E-state index in [9.17, 15) is 18.0 Å². The van der Waals surface area contributed by atoms with Gasteiger partial charge in [-0.15, -0.1) is 0 Å². The third kappa shape index (κ3) is 3.03. The maximum absolute atomic E-state index is 12.5. The smallest absolute Gasteiger partial charge is 0.245 e. The number of anilines is 1. The molecule has 1 unspecified atom stereocenters. The number of aromatic nitrogens is 1. The molecule has 1 atom stereocenters. The van der Waals surface area contributed by atoms with Crippen LogP contribution in [-0.4, -0.2) is 48.7 Å². The fourth-order valence-electron chi connectivity index (χ4n) is 1.94. The van der Waals surface area contributed by atoms with E-state index in [1.54, 1.807) is 0 Å². The molecular formula is C12H16N4O4S. The molecule has 0 bridgehead atoms. The van der Waals surface area contributed by atoms with Crippen LogP contribution in [-0.2, 0) is 19.6 Å². The molecular weight excluding hydrogens is 296 g/mol. The number of nitrogens with zero attached hydrogens (tertiary/aromatic N) is 2. The van der Waals surface area contributed by atoms with Crippen LogP contribution < -0.4 is 10.6 Å². The van der Waals surface area contributed by atoms with Crippen LogP contribution in [0.3, 0.4) is 0 Å². The van der Waals surface area contributed by atoms with Crippen molar-refractivity contribution in [2.75, 3.05) is 18.4 Å². The first-order valence-corrected chi connectivity index (χ1v) is 7.85. The predicted molar refractivity (Wildman–Crippen MR) is 74.9 cm³/mol. The summed E-state index contributed by atoms with van der Waals surface area (Å²) in [6.07, 6.45) is 1.21. The first-order chi connectivity index (χ1) is 9.86. The molecule has 0 saturated carbocycles. The first-order valence-electron chi connectivity index (χ1n) is 6.41. The second-order valence-electron chi connectivity index (χ2n) is 4.55. The summed E-state index contributed by atoms with van der Waals surface area (Å²) in [5, 5.41) is 5.05. The Morgan fingerprint density at radius 1 is 1.43 bits per heavy atom. The lowest BCUT2D eigenvalue weighted by atomic mass is 10.2. The van der Waals surface area contributed by atoms with Gasteiger partial charge in [0, 0.05) is 12.7 Å². The highest BCUT2D eigenvalue weighted by Crippen LogP contribution is 2.20. The van der Waals surface area contributed by atoms with Gasteiger partial charge in [-0.2, -0.15) is 4.31 Å². The largest absolute Gasteiger partial charge is 0.370 e. The van der Waals surface area contributed by atoms with E-state index in [1.807, 2.05) is 6.92 Å². The molecule has 2 amide bonds. The second-order valence-corrected chi connectivity index (χ2v) is 6.44. The third-order valence-electron chi connectivity index (χ3n) is 3.07. The summed E-state index contributed by atoms with van der Waals surface area (Å²) in [7, 11) is -3.95. The van der Waals surface area contributed by atoms with Crippen molar-refractivity contribution in [3.05, 3.63) is 18.3 Å². The van der Waals surface area contributed by atoms with Crippen LogP contribution in [0.4, 0.5) is 5.82 Å². The van der Waals surface area contributed by atoms with E-state index in [-0.39, 0.29) is 11.4 Å². The Morgan fingerprint density at radius 2 is 2.14 bits per heavy atom. The monoisotopic (exact) mass is 312 g/mol. The zero-order valence-corrected chi connectivity index (χ0v) is 12.5. The van der Waals surface area contributed by atoms with Gasteiger partial charge in [-0.1, -0.05) is 0 Å². The van der Waals surface area contributed by atoms with Gasteiger partial charge in [-0.3, -0.25) is 14.9 Å². The highest BCUT2D eigenvalue weighted by Gasteiger charge is 2.39. The topological polar surface area (TPSA) is 108 Å². The molecule has 1 aliphatic heterocycles. The molecule has 2 N–H and O–H groups in total. The quantitative estimate of drug-likeness (QED) is 0.729. The van der Waals surface area contributed by atoms with E-state index < -0.39 is 27.9 Å². The molecule has 2 rings (SSSR count). The Morgan fingerprint density at radius 3 is 2.71 bits per heavy atom. The molecule has 1 aromatic rings. The Kier molecular flexibility index (Phi) is 4.24. The van der Waals surface area contributed by atoms with E-state index in [2.05, 4.69) is 15.6 Å². The Hall–Kier alpha value is -2.00. The summed E-state index contributed by atoms with van der Waals surface area (Å²) < 4.78 is 25.9. The highest BCUT2D eigenvalue weighted by molar-refractivity contribution is 7.89. The molecule has 0 radical (unpaired) electrons. The predicted octanol–water partition coefficient (Wildman–Crippen LogP) is -0.451. The van der Waals surface area contributed by atoms with Crippen molar-refractivity contribution in [3.8, 4) is 0 Å². The van der Waals surface area contributed by atoms with Crippen LogP contribution in [0.5, 0.6) is 0 Å². The van der Waals surface area contributed by atoms with E-state index in [0.717, 1.165) is 4.31 Å². The molecule has 2 heterocycles. The average molecular weight is 312 g/mol. The van der Waals surface area contributed by atoms with Crippen LogP contribution in [0, 0.1) is 0 Å². The molecule has 9 heteroatoms. The molecule has 1 saturated heterocycles. The van der Waals surface area contributed by atoms with E-state index in [1.165, 1.54) is 25.3 Å². The molecule has 1 aliphatic rings. The Balaban J connectivity index is 2.32. The van der Waals surface area contributed by atoms with Crippen molar-refractivity contribution in [3.63, 3.8) is 0 Å². The molecule has 21 heavy (non-hydrogen) atoms. The van der Waals surface area contributed by atoms with Crippen LogP contribution >= 0.6 is 0 Å². The molecule has 8 nitrogen and oxygen atoms in total. The number of carbonyl (C=O) groups excluding carboxylic acids is 2. The summed E-state index contributed by atoms with van der Waals surface area (Å²) in [5.41, 5.74) is 0. The molecule has 0 spiro atoms. The lowest BCUT2D eigenvalue weighted by Crippen LogP contribution is -2.58. The normalized spacial score (nSPS) is 20.2. The Labute approximate surface area is 122 Å². The van der Waals surface area contributed by atoms with Crippen molar-refractivity contribution in [2.45, 2.75) is 24.8 Å². The van der Waals surface area contributed by atoms with Gasteiger partial charge >= 0.3 is 0 Å². The number of piperazine rings is 1. The van der Waals surface area contributed by atoms with Crippen LogP contribution in [0.2, 0.25) is 0 Å². The molecule has 0 aromatic carbocycles. The Bertz CT molecular complexity index is 656. The minimum atomic E-state index is -3.95. The number of sulfonamides is 1. The maximum atomic E-state index is 12.5. The zero-order valence-electron chi connectivity index (χ0n) is 11.7. The zero-order chi connectivity index (χ0) is 15.6. The fourth-order valence-corrected chi connectivity index (χ4v) is 3.43. The SMILES string of the molecule is CCNc1ccc(S(=O)(=O)N2CC(=O)NC(=O)C2C)cn1. The summed E-state index contributed by atoms with van der Waals surface area (Å²) >= 11 is 0. The standard InChI is InChI=1S/C12H16N4O4S/c1-3-13-10-5-4-9(6-14-10)21(19,20)16-7-11(17)15-12(18)8(16)2/h4-6,8H,3,7H2,1-2H3,(H,13,14)(H,15,17,18). The van der Waals surface area contributed by atoms with Crippen molar-refractivity contribution in [2.24, 2.45) is 0 Å². The number of hydrogen-bond donors (Lipinski definition) is 2. The average Bonchev–Trinajstić information content (AvgIpc) is 2.43. The van der Waals surface area contributed by atoms with Gasteiger partial charge in [-0.05, 0) is 26.0 Å². The van der Waals surface area contributed by atoms with Crippen molar-refractivity contribution in [1.82, 2.24) is 14.6 Å². The van der Waals surface area contributed by atoms with Crippen LogP contribution in [0.15, 0.2) is 23.2 Å². The number of pyridine rings is 1. The summed E-state index contributed by atoms with van der Waals surface area (Å²) in [6, 6.07) is 1.98. The number of carbonyl (C=O) groups is 2. The van der Waals surface area contributed by atoms with Gasteiger partial charge in [-0.25, -0.2) is 13.4 Å². The van der Waals surface area contributed by atoms with Crippen molar-refractivity contribution < 1.29 is 18.0 Å². The van der Waals surface area contributed by atoms with Crippen molar-refractivity contribution in [1.29, 1.82) is 0 Å². The van der Waals surface area contributed by atoms with Gasteiger partial charge in [0.05, 0.1) is 6.54 Å². The number of imide groups is 1. The van der Waals surface area contributed by atoms with Crippen LogP contribution in [0.1, 0.15) is 13.8 Å². The number of hydrogen-bond acceptors (Lipinski definition) is 6. The second kappa shape index (κ2) is 5.78. The van der Waals surface area contributed by atoms with E-state index >= 15 is 0 Å². The lowest BCUT2D eigenvalue weighted by molar-refractivity contribution is -0.136. The minimum Gasteiger partial charge on any atom is -0.370 e. The maximum Gasteiger partial charge on any atom is 0.245 e.